The maximum absolute atomic E-state index is 12.2. The number of likely N-dealkylation sites (N-methyl/N-ethyl adjacent to an activating group) is 1. The highest BCUT2D eigenvalue weighted by Gasteiger charge is 2.28. The highest BCUT2D eigenvalue weighted by Crippen LogP contribution is 2.15. The predicted octanol–water partition coefficient (Wildman–Crippen LogP) is -0.692. The third kappa shape index (κ3) is 4.09. The molecule has 0 radical (unpaired) electrons. The molecule has 2 aliphatic rings. The van der Waals surface area contributed by atoms with Crippen LogP contribution in [0.15, 0.2) is 0 Å². The molecule has 1 atom stereocenters. The van der Waals surface area contributed by atoms with E-state index in [-0.39, 0.29) is 24.5 Å². The molecule has 0 aromatic heterocycles. The predicted molar refractivity (Wildman–Crippen MR) is 73.9 cm³/mol. The summed E-state index contributed by atoms with van der Waals surface area (Å²) in [6.07, 6.45) is 0.0661. The summed E-state index contributed by atoms with van der Waals surface area (Å²) in [7, 11) is 3.98. The summed E-state index contributed by atoms with van der Waals surface area (Å²) in [6, 6.07) is 0. The molecule has 6 nitrogen and oxygen atoms in total. The molecule has 0 aromatic carbocycles. The number of nitrogens with zero attached hydrogens (tertiary/aromatic N) is 3. The van der Waals surface area contributed by atoms with Crippen LogP contribution < -0.4 is 0 Å². The quantitative estimate of drug-likeness (QED) is 0.685. The Balaban J connectivity index is 1.83. The van der Waals surface area contributed by atoms with Crippen LogP contribution in [-0.2, 0) is 14.3 Å². The molecule has 2 rings (SSSR count). The van der Waals surface area contributed by atoms with Gasteiger partial charge in [0.05, 0.1) is 24.3 Å². The van der Waals surface area contributed by atoms with Gasteiger partial charge in [-0.05, 0) is 14.1 Å². The number of amides is 2. The zero-order valence-corrected chi connectivity index (χ0v) is 12.3. The second-order valence-corrected chi connectivity index (χ2v) is 6.12. The normalized spacial score (nSPS) is 24.4. The minimum absolute atomic E-state index is 0.0305. The number of morpholine rings is 1. The Morgan fingerprint density at radius 2 is 2.32 bits per heavy atom. The molecule has 2 amide bonds. The van der Waals surface area contributed by atoms with Crippen LogP contribution in [0.5, 0.6) is 0 Å². The van der Waals surface area contributed by atoms with Crippen molar-refractivity contribution >= 4 is 23.6 Å². The molecule has 0 aromatic rings. The van der Waals surface area contributed by atoms with E-state index in [0.717, 1.165) is 6.54 Å². The number of thioether (sulfide) groups is 1. The lowest BCUT2D eigenvalue weighted by Crippen LogP contribution is -2.51. The van der Waals surface area contributed by atoms with E-state index < -0.39 is 0 Å². The van der Waals surface area contributed by atoms with E-state index in [1.165, 1.54) is 0 Å². The van der Waals surface area contributed by atoms with Gasteiger partial charge in [0.1, 0.15) is 6.54 Å². The van der Waals surface area contributed by atoms with Crippen molar-refractivity contribution in [2.45, 2.75) is 6.10 Å². The number of hydrogen-bond acceptors (Lipinski definition) is 5. The van der Waals surface area contributed by atoms with Crippen molar-refractivity contribution in [2.75, 3.05) is 58.5 Å². The smallest absolute Gasteiger partial charge is 0.242 e. The van der Waals surface area contributed by atoms with Crippen molar-refractivity contribution < 1.29 is 14.3 Å². The summed E-state index contributed by atoms with van der Waals surface area (Å²) >= 11 is 1.56. The van der Waals surface area contributed by atoms with Crippen LogP contribution in [0.1, 0.15) is 0 Å². The van der Waals surface area contributed by atoms with Gasteiger partial charge in [-0.1, -0.05) is 0 Å². The largest absolute Gasteiger partial charge is 0.373 e. The average molecular weight is 287 g/mol. The van der Waals surface area contributed by atoms with Crippen LogP contribution >= 0.6 is 11.8 Å². The third-order valence-electron chi connectivity index (χ3n) is 3.21. The summed E-state index contributed by atoms with van der Waals surface area (Å²) in [4.78, 5) is 29.2. The SMILES string of the molecule is CN(C)CC1CN(C(=O)CN2CSCC2=O)CCO1. The first-order chi connectivity index (χ1) is 9.06. The Labute approximate surface area is 118 Å². The fourth-order valence-electron chi connectivity index (χ4n) is 2.27. The average Bonchev–Trinajstić information content (AvgIpc) is 2.74. The molecule has 108 valence electrons. The maximum Gasteiger partial charge on any atom is 0.242 e. The van der Waals surface area contributed by atoms with Crippen molar-refractivity contribution in [3.05, 3.63) is 0 Å². The lowest BCUT2D eigenvalue weighted by Gasteiger charge is -2.34. The van der Waals surface area contributed by atoms with Gasteiger partial charge in [-0.2, -0.15) is 0 Å². The number of rotatable bonds is 4. The number of carbonyl (C=O) groups is 2. The van der Waals surface area contributed by atoms with Gasteiger partial charge in [-0.25, -0.2) is 0 Å². The minimum atomic E-state index is 0.0305. The zero-order valence-electron chi connectivity index (χ0n) is 11.5. The van der Waals surface area contributed by atoms with Crippen LogP contribution in [0.4, 0.5) is 0 Å². The molecule has 1 unspecified atom stereocenters. The van der Waals surface area contributed by atoms with Gasteiger partial charge < -0.3 is 19.4 Å². The third-order valence-corrected chi connectivity index (χ3v) is 4.16. The van der Waals surface area contributed by atoms with Crippen molar-refractivity contribution in [2.24, 2.45) is 0 Å². The van der Waals surface area contributed by atoms with Gasteiger partial charge in [0.2, 0.25) is 11.8 Å². The van der Waals surface area contributed by atoms with Crippen LogP contribution in [0.3, 0.4) is 0 Å². The van der Waals surface area contributed by atoms with Gasteiger partial charge in [0.15, 0.2) is 0 Å². The first-order valence-corrected chi connectivity index (χ1v) is 7.61. The van der Waals surface area contributed by atoms with Gasteiger partial charge >= 0.3 is 0 Å². The first-order valence-electron chi connectivity index (χ1n) is 6.46. The van der Waals surface area contributed by atoms with Crippen LogP contribution in [0.2, 0.25) is 0 Å². The Morgan fingerprint density at radius 1 is 1.53 bits per heavy atom. The van der Waals surface area contributed by atoms with E-state index >= 15 is 0 Å². The molecule has 0 saturated carbocycles. The molecule has 2 heterocycles. The molecule has 0 bridgehead atoms. The number of hydrogen-bond donors (Lipinski definition) is 0. The summed E-state index contributed by atoms with van der Waals surface area (Å²) < 4.78 is 5.64. The second kappa shape index (κ2) is 6.58. The van der Waals surface area contributed by atoms with Crippen molar-refractivity contribution in [3.63, 3.8) is 0 Å². The van der Waals surface area contributed by atoms with Gasteiger partial charge in [0.25, 0.3) is 0 Å². The summed E-state index contributed by atoms with van der Waals surface area (Å²) in [5.41, 5.74) is 0. The molecule has 2 fully saturated rings. The lowest BCUT2D eigenvalue weighted by molar-refractivity contribution is -0.143. The molecule has 0 aliphatic carbocycles. The van der Waals surface area contributed by atoms with Gasteiger partial charge in [-0.3, -0.25) is 9.59 Å². The van der Waals surface area contributed by atoms with E-state index in [1.54, 1.807) is 16.7 Å². The Morgan fingerprint density at radius 3 is 2.95 bits per heavy atom. The molecular weight excluding hydrogens is 266 g/mol. The van der Waals surface area contributed by atoms with E-state index in [9.17, 15) is 9.59 Å². The molecule has 0 spiro atoms. The lowest BCUT2D eigenvalue weighted by atomic mass is 10.2. The summed E-state index contributed by atoms with van der Waals surface area (Å²) in [5, 5.41) is 0. The molecule has 2 saturated heterocycles. The topological polar surface area (TPSA) is 53.1 Å². The summed E-state index contributed by atoms with van der Waals surface area (Å²) in [6.45, 7) is 2.83. The molecular formula is C12H21N3O3S. The Hall–Kier alpha value is -0.790. The van der Waals surface area contributed by atoms with Crippen LogP contribution in [0.25, 0.3) is 0 Å². The van der Waals surface area contributed by atoms with E-state index in [0.29, 0.717) is 31.3 Å². The number of ether oxygens (including phenoxy) is 1. The van der Waals surface area contributed by atoms with Crippen LogP contribution in [-0.4, -0.2) is 91.1 Å². The fourth-order valence-corrected chi connectivity index (χ4v) is 3.17. The number of carbonyl (C=O) groups excluding carboxylic acids is 2. The Bertz CT molecular complexity index is 351. The fraction of sp³-hybridized carbons (Fsp3) is 0.833. The highest BCUT2D eigenvalue weighted by atomic mass is 32.2. The van der Waals surface area contributed by atoms with E-state index in [2.05, 4.69) is 4.90 Å². The van der Waals surface area contributed by atoms with E-state index in [4.69, 9.17) is 4.74 Å². The van der Waals surface area contributed by atoms with Crippen molar-refractivity contribution in [1.29, 1.82) is 0 Å². The molecule has 0 N–H and O–H groups in total. The van der Waals surface area contributed by atoms with E-state index in [1.807, 2.05) is 19.0 Å². The molecule has 2 aliphatic heterocycles. The van der Waals surface area contributed by atoms with Crippen molar-refractivity contribution in [1.82, 2.24) is 14.7 Å². The van der Waals surface area contributed by atoms with Crippen LogP contribution in [0, 0.1) is 0 Å². The molecule has 19 heavy (non-hydrogen) atoms. The zero-order chi connectivity index (χ0) is 13.8. The first kappa shape index (κ1) is 14.6. The minimum Gasteiger partial charge on any atom is -0.373 e. The standard InChI is InChI=1S/C12H21N3O3S/c1-13(2)5-10-6-14(3-4-18-10)11(16)7-15-9-19-8-12(15)17/h10H,3-9H2,1-2H3. The highest BCUT2D eigenvalue weighted by molar-refractivity contribution is 8.00. The Kier molecular flexibility index (Phi) is 5.06. The second-order valence-electron chi connectivity index (χ2n) is 5.16. The van der Waals surface area contributed by atoms with Crippen molar-refractivity contribution in [3.8, 4) is 0 Å². The summed E-state index contributed by atoms with van der Waals surface area (Å²) in [5.74, 6) is 1.23. The monoisotopic (exact) mass is 287 g/mol. The maximum atomic E-state index is 12.2. The molecule has 7 heteroatoms. The van der Waals surface area contributed by atoms with Gasteiger partial charge in [-0.15, -0.1) is 11.8 Å². The van der Waals surface area contributed by atoms with Gasteiger partial charge in [0, 0.05) is 19.6 Å².